The van der Waals surface area contributed by atoms with E-state index in [-0.39, 0.29) is 31.8 Å². The van der Waals surface area contributed by atoms with E-state index >= 15 is 0 Å². The highest BCUT2D eigenvalue weighted by Gasteiger charge is 2.31. The van der Waals surface area contributed by atoms with E-state index in [4.69, 9.17) is 17.2 Å². The molecular weight excluding hydrogens is 466 g/mol. The molecule has 0 aliphatic heterocycles. The fourth-order valence-corrected chi connectivity index (χ4v) is 2.81. The minimum Gasteiger partial charge on any atom is -0.480 e. The topological polar surface area (TPSA) is 284 Å². The second-order valence-electron chi connectivity index (χ2n) is 7.70. The van der Waals surface area contributed by atoms with Gasteiger partial charge < -0.3 is 53.5 Å². The standard InChI is InChI=1S/C19H33N9O7/c1-9(30)14(20)17(33)27-12(5-10-6-23-8-25-10)15(31)28-13(7-29)16(32)26-11(18(34)35)3-2-4-24-19(21)22/h6,8-9,11-14,29-30H,2-5,7,20H2,1H3,(H,23,25)(H,26,32)(H,27,33)(H,28,31)(H,34,35)(H4,21,22,24). The van der Waals surface area contributed by atoms with Gasteiger partial charge in [-0.2, -0.15) is 0 Å². The second-order valence-corrected chi connectivity index (χ2v) is 7.70. The van der Waals surface area contributed by atoms with Gasteiger partial charge in [0.2, 0.25) is 17.7 Å². The molecule has 16 nitrogen and oxygen atoms in total. The van der Waals surface area contributed by atoms with Crippen molar-refractivity contribution in [2.24, 2.45) is 22.2 Å². The average Bonchev–Trinajstić information content (AvgIpc) is 3.30. The molecule has 1 rings (SSSR count). The Labute approximate surface area is 200 Å². The Morgan fingerprint density at radius 1 is 1.09 bits per heavy atom. The number of imidazole rings is 1. The first-order chi connectivity index (χ1) is 16.5. The predicted octanol–water partition coefficient (Wildman–Crippen LogP) is -4.75. The number of hydrogen-bond acceptors (Lipinski definition) is 9. The molecule has 3 amide bonds. The Morgan fingerprint density at radius 3 is 2.20 bits per heavy atom. The molecule has 196 valence electrons. The fraction of sp³-hybridized carbons (Fsp3) is 0.579. The largest absolute Gasteiger partial charge is 0.480 e. The lowest BCUT2D eigenvalue weighted by molar-refractivity contribution is -0.142. The number of aliphatic hydroxyl groups is 2. The van der Waals surface area contributed by atoms with Crippen molar-refractivity contribution in [3.05, 3.63) is 18.2 Å². The molecule has 5 atom stereocenters. The summed E-state index contributed by atoms with van der Waals surface area (Å²) in [7, 11) is 0. The van der Waals surface area contributed by atoms with E-state index in [1.54, 1.807) is 0 Å². The van der Waals surface area contributed by atoms with Crippen molar-refractivity contribution >= 4 is 29.7 Å². The van der Waals surface area contributed by atoms with E-state index in [9.17, 15) is 34.5 Å². The molecule has 0 saturated carbocycles. The van der Waals surface area contributed by atoms with E-state index in [0.29, 0.717) is 5.69 Å². The van der Waals surface area contributed by atoms with Crippen LogP contribution in [0.25, 0.3) is 0 Å². The Morgan fingerprint density at radius 2 is 1.69 bits per heavy atom. The number of carboxylic acid groups (broad SMARTS) is 1. The number of aliphatic hydroxyl groups excluding tert-OH is 2. The van der Waals surface area contributed by atoms with Crippen molar-refractivity contribution in [3.63, 3.8) is 0 Å². The number of amides is 3. The monoisotopic (exact) mass is 499 g/mol. The number of rotatable bonds is 15. The smallest absolute Gasteiger partial charge is 0.326 e. The number of aliphatic carboxylic acids is 1. The van der Waals surface area contributed by atoms with Crippen LogP contribution in [0.1, 0.15) is 25.5 Å². The highest BCUT2D eigenvalue weighted by molar-refractivity contribution is 5.94. The molecule has 16 heteroatoms. The lowest BCUT2D eigenvalue weighted by Crippen LogP contribution is -2.59. The maximum absolute atomic E-state index is 12.9. The van der Waals surface area contributed by atoms with E-state index in [1.165, 1.54) is 19.4 Å². The third-order valence-electron chi connectivity index (χ3n) is 4.81. The minimum atomic E-state index is -1.52. The van der Waals surface area contributed by atoms with Crippen molar-refractivity contribution in [2.75, 3.05) is 13.2 Å². The van der Waals surface area contributed by atoms with Crippen LogP contribution in [0.5, 0.6) is 0 Å². The zero-order chi connectivity index (χ0) is 26.5. The molecule has 0 spiro atoms. The molecule has 1 aromatic heterocycles. The number of aliphatic imine (C=N–C) groups is 1. The number of carbonyl (C=O) groups is 4. The van der Waals surface area contributed by atoms with Gasteiger partial charge in [-0.05, 0) is 19.8 Å². The van der Waals surface area contributed by atoms with E-state index < -0.39 is 60.6 Å². The van der Waals surface area contributed by atoms with Gasteiger partial charge >= 0.3 is 5.97 Å². The van der Waals surface area contributed by atoms with Crippen molar-refractivity contribution < 1.29 is 34.5 Å². The zero-order valence-corrected chi connectivity index (χ0v) is 19.2. The highest BCUT2D eigenvalue weighted by atomic mass is 16.4. The van der Waals surface area contributed by atoms with Crippen LogP contribution in [0.15, 0.2) is 17.5 Å². The summed E-state index contributed by atoms with van der Waals surface area (Å²) in [4.78, 5) is 59.5. The molecule has 0 saturated heterocycles. The average molecular weight is 500 g/mol. The molecule has 0 bridgehead atoms. The number of guanidine groups is 1. The first-order valence-electron chi connectivity index (χ1n) is 10.7. The van der Waals surface area contributed by atoms with Gasteiger partial charge in [0.05, 0.1) is 19.0 Å². The van der Waals surface area contributed by atoms with Crippen LogP contribution >= 0.6 is 0 Å². The van der Waals surface area contributed by atoms with Crippen LogP contribution < -0.4 is 33.2 Å². The quantitative estimate of drug-likeness (QED) is 0.0620. The molecule has 0 fully saturated rings. The highest BCUT2D eigenvalue weighted by Crippen LogP contribution is 2.03. The summed E-state index contributed by atoms with van der Waals surface area (Å²) in [6, 6.07) is -5.43. The van der Waals surface area contributed by atoms with Crippen LogP contribution in [0.4, 0.5) is 0 Å². The summed E-state index contributed by atoms with van der Waals surface area (Å²) < 4.78 is 0. The zero-order valence-electron chi connectivity index (χ0n) is 19.2. The third-order valence-corrected chi connectivity index (χ3v) is 4.81. The Balaban J connectivity index is 2.87. The summed E-state index contributed by atoms with van der Waals surface area (Å²) in [6.07, 6.45) is 1.73. The molecular formula is C19H33N9O7. The molecule has 0 aliphatic carbocycles. The number of nitrogens with one attached hydrogen (secondary N) is 4. The molecule has 13 N–H and O–H groups in total. The first-order valence-corrected chi connectivity index (χ1v) is 10.7. The number of H-pyrrole nitrogens is 1. The maximum atomic E-state index is 12.9. The van der Waals surface area contributed by atoms with Gasteiger partial charge in [0, 0.05) is 24.9 Å². The lowest BCUT2D eigenvalue weighted by atomic mass is 10.1. The maximum Gasteiger partial charge on any atom is 0.326 e. The molecule has 1 heterocycles. The Bertz CT molecular complexity index is 872. The Hall–Kier alpha value is -3.76. The van der Waals surface area contributed by atoms with Gasteiger partial charge in [-0.3, -0.25) is 19.4 Å². The predicted molar refractivity (Wildman–Crippen MR) is 122 cm³/mol. The molecule has 0 aromatic carbocycles. The van der Waals surface area contributed by atoms with Crippen LogP contribution in [-0.4, -0.2) is 98.4 Å². The van der Waals surface area contributed by atoms with Crippen LogP contribution in [0, 0.1) is 0 Å². The number of nitrogens with two attached hydrogens (primary N) is 3. The number of nitrogens with zero attached hydrogens (tertiary/aromatic N) is 2. The lowest BCUT2D eigenvalue weighted by Gasteiger charge is -2.24. The van der Waals surface area contributed by atoms with Gasteiger partial charge in [-0.1, -0.05) is 0 Å². The fourth-order valence-electron chi connectivity index (χ4n) is 2.81. The minimum absolute atomic E-state index is 0.0142. The number of carbonyl (C=O) groups excluding carboxylic acids is 3. The first kappa shape index (κ1) is 29.3. The van der Waals surface area contributed by atoms with Crippen molar-refractivity contribution in [1.82, 2.24) is 25.9 Å². The number of aromatic nitrogens is 2. The summed E-state index contributed by atoms with van der Waals surface area (Å²) in [5, 5.41) is 35.4. The van der Waals surface area contributed by atoms with Crippen molar-refractivity contribution in [2.45, 2.75) is 56.5 Å². The summed E-state index contributed by atoms with van der Waals surface area (Å²) >= 11 is 0. The van der Waals surface area contributed by atoms with Gasteiger partial charge in [0.25, 0.3) is 0 Å². The SMILES string of the molecule is CC(O)C(N)C(=O)NC(Cc1cnc[nH]1)C(=O)NC(CO)C(=O)NC(CCCN=C(N)N)C(=O)O. The Kier molecular flexibility index (Phi) is 12.1. The number of hydrogen-bond donors (Lipinski definition) is 10. The van der Waals surface area contributed by atoms with Crippen LogP contribution in [0.2, 0.25) is 0 Å². The second kappa shape index (κ2) is 14.5. The molecule has 35 heavy (non-hydrogen) atoms. The molecule has 0 radical (unpaired) electrons. The van der Waals surface area contributed by atoms with Crippen molar-refractivity contribution in [3.8, 4) is 0 Å². The van der Waals surface area contributed by atoms with Gasteiger partial charge in [0.15, 0.2) is 5.96 Å². The molecule has 0 aliphatic rings. The van der Waals surface area contributed by atoms with Crippen LogP contribution in [-0.2, 0) is 25.6 Å². The van der Waals surface area contributed by atoms with E-state index in [2.05, 4.69) is 30.9 Å². The normalized spacial score (nSPS) is 15.1. The van der Waals surface area contributed by atoms with Gasteiger partial charge in [0.1, 0.15) is 24.2 Å². The summed E-state index contributed by atoms with van der Waals surface area (Å²) in [5.41, 5.74) is 16.5. The van der Waals surface area contributed by atoms with E-state index in [1.807, 2.05) is 0 Å². The number of aromatic amines is 1. The number of carboxylic acids is 1. The third kappa shape index (κ3) is 10.4. The summed E-state index contributed by atoms with van der Waals surface area (Å²) in [5.74, 6) is -4.13. The molecule has 5 unspecified atom stereocenters. The van der Waals surface area contributed by atoms with Gasteiger partial charge in [-0.15, -0.1) is 0 Å². The summed E-state index contributed by atoms with van der Waals surface area (Å²) in [6.45, 7) is 0.595. The van der Waals surface area contributed by atoms with Crippen LogP contribution in [0.3, 0.4) is 0 Å². The van der Waals surface area contributed by atoms with E-state index in [0.717, 1.165) is 0 Å². The van der Waals surface area contributed by atoms with Crippen molar-refractivity contribution in [1.29, 1.82) is 0 Å². The van der Waals surface area contributed by atoms with Gasteiger partial charge in [-0.25, -0.2) is 9.78 Å². The molecule has 1 aromatic rings.